The number of hydrogen-bond acceptors (Lipinski definition) is 10. The zero-order valence-corrected chi connectivity index (χ0v) is 20.3. The van der Waals surface area contributed by atoms with E-state index in [4.69, 9.17) is 16.3 Å². The fraction of sp³-hybridized carbons (Fsp3) is 0.364. The number of rotatable bonds is 7. The fourth-order valence-electron chi connectivity index (χ4n) is 4.14. The lowest BCUT2D eigenvalue weighted by Crippen LogP contribution is -2.66. The summed E-state index contributed by atoms with van der Waals surface area (Å²) in [5.41, 5.74) is 1.53. The molecule has 3 aromatic heterocycles. The Kier molecular flexibility index (Phi) is 5.88. The average Bonchev–Trinajstić information content (AvgIpc) is 2.73. The molecule has 1 spiro atoms. The van der Waals surface area contributed by atoms with Crippen molar-refractivity contribution in [2.75, 3.05) is 43.2 Å². The predicted molar refractivity (Wildman–Crippen MR) is 128 cm³/mol. The number of anilines is 4. The van der Waals surface area contributed by atoms with E-state index in [-0.39, 0.29) is 15.7 Å². The van der Waals surface area contributed by atoms with Gasteiger partial charge in [-0.25, -0.2) is 28.4 Å². The van der Waals surface area contributed by atoms with Gasteiger partial charge < -0.3 is 15.4 Å². The second kappa shape index (κ2) is 8.73. The average molecular weight is 502 g/mol. The van der Waals surface area contributed by atoms with Crippen LogP contribution < -0.4 is 10.6 Å². The SMILES string of the molecule is CC(c1ccc(Nc2cc(Nc3ncc(Cl)cc3S(C)(=O)=O)ncn2)nc1)N1CC2(COC2)C1. The first-order chi connectivity index (χ1) is 16.2. The molecule has 0 aliphatic carbocycles. The molecule has 1 unspecified atom stereocenters. The molecular formula is C22H24ClN7O3S. The third kappa shape index (κ3) is 4.69. The maximum Gasteiger partial charge on any atom is 0.179 e. The van der Waals surface area contributed by atoms with Gasteiger partial charge in [-0.2, -0.15) is 0 Å². The van der Waals surface area contributed by atoms with Crippen LogP contribution in [-0.4, -0.2) is 65.8 Å². The molecule has 10 nitrogen and oxygen atoms in total. The Morgan fingerprint density at radius 1 is 1.03 bits per heavy atom. The van der Waals surface area contributed by atoms with E-state index in [0.717, 1.165) is 38.1 Å². The summed E-state index contributed by atoms with van der Waals surface area (Å²) in [5.74, 6) is 1.63. The van der Waals surface area contributed by atoms with Crippen LogP contribution in [0, 0.1) is 5.41 Å². The van der Waals surface area contributed by atoms with E-state index in [0.29, 0.717) is 28.9 Å². The Morgan fingerprint density at radius 2 is 1.76 bits per heavy atom. The topological polar surface area (TPSA) is 122 Å². The van der Waals surface area contributed by atoms with Gasteiger partial charge in [0.15, 0.2) is 9.84 Å². The van der Waals surface area contributed by atoms with Crippen molar-refractivity contribution >= 4 is 44.7 Å². The minimum atomic E-state index is -3.54. The van der Waals surface area contributed by atoms with Crippen LogP contribution in [-0.2, 0) is 14.6 Å². The monoisotopic (exact) mass is 501 g/mol. The van der Waals surface area contributed by atoms with Gasteiger partial charge in [-0.05, 0) is 24.6 Å². The Bertz CT molecular complexity index is 1310. The van der Waals surface area contributed by atoms with Crippen molar-refractivity contribution in [1.82, 2.24) is 24.8 Å². The van der Waals surface area contributed by atoms with Crippen LogP contribution in [0.15, 0.2) is 47.9 Å². The molecule has 0 bridgehead atoms. The van der Waals surface area contributed by atoms with Gasteiger partial charge in [0.05, 0.1) is 18.2 Å². The molecule has 2 N–H and O–H groups in total. The van der Waals surface area contributed by atoms with Gasteiger partial charge in [0.25, 0.3) is 0 Å². The lowest BCUT2D eigenvalue weighted by Gasteiger charge is -2.57. The highest BCUT2D eigenvalue weighted by Crippen LogP contribution is 2.41. The van der Waals surface area contributed by atoms with Crippen LogP contribution in [0.1, 0.15) is 18.5 Å². The van der Waals surface area contributed by atoms with Crippen molar-refractivity contribution in [1.29, 1.82) is 0 Å². The van der Waals surface area contributed by atoms with Crippen LogP contribution in [0.5, 0.6) is 0 Å². The molecule has 2 aliphatic heterocycles. The maximum atomic E-state index is 12.1. The Labute approximate surface area is 202 Å². The molecular weight excluding hydrogens is 478 g/mol. The third-order valence-corrected chi connectivity index (χ3v) is 7.42. The summed E-state index contributed by atoms with van der Waals surface area (Å²) < 4.78 is 29.5. The molecule has 1 atom stereocenters. The summed E-state index contributed by atoms with van der Waals surface area (Å²) in [6, 6.07) is 7.24. The molecule has 0 aromatic carbocycles. The van der Waals surface area contributed by atoms with Crippen LogP contribution in [0.25, 0.3) is 0 Å². The standard InChI is InChI=1S/C22H24ClN7O3S/c1-14(30-9-22(10-30)11-33-12-22)15-3-4-18(24-7-15)28-19-6-20(27-13-26-19)29-21-17(34(2,31)32)5-16(23)8-25-21/h3-8,13-14H,9-12H2,1-2H3,(H2,24,25,26,27,28,29). The largest absolute Gasteiger partial charge is 0.380 e. The molecule has 178 valence electrons. The van der Waals surface area contributed by atoms with Gasteiger partial charge in [0.1, 0.15) is 34.5 Å². The highest BCUT2D eigenvalue weighted by atomic mass is 35.5. The molecule has 5 rings (SSSR count). The van der Waals surface area contributed by atoms with E-state index in [9.17, 15) is 8.42 Å². The normalized spacial score (nSPS) is 18.1. The Hall–Kier alpha value is -2.86. The number of hydrogen-bond donors (Lipinski definition) is 2. The van der Waals surface area contributed by atoms with E-state index >= 15 is 0 Å². The number of sulfone groups is 1. The summed E-state index contributed by atoms with van der Waals surface area (Å²) in [6.07, 6.45) is 5.69. The van der Waals surface area contributed by atoms with Crippen molar-refractivity contribution in [3.63, 3.8) is 0 Å². The molecule has 3 aromatic rings. The van der Waals surface area contributed by atoms with Gasteiger partial charge in [-0.15, -0.1) is 0 Å². The number of halogens is 1. The van der Waals surface area contributed by atoms with Crippen LogP contribution in [0.3, 0.4) is 0 Å². The highest BCUT2D eigenvalue weighted by molar-refractivity contribution is 7.90. The second-order valence-corrected chi connectivity index (χ2v) is 11.3. The molecule has 5 heterocycles. The Morgan fingerprint density at radius 3 is 2.38 bits per heavy atom. The third-order valence-electron chi connectivity index (χ3n) is 6.10. The molecule has 0 radical (unpaired) electrons. The quantitative estimate of drug-likeness (QED) is 0.498. The van der Waals surface area contributed by atoms with Crippen LogP contribution in [0.4, 0.5) is 23.3 Å². The van der Waals surface area contributed by atoms with E-state index < -0.39 is 9.84 Å². The van der Waals surface area contributed by atoms with Gasteiger partial charge in [-0.3, -0.25) is 4.90 Å². The highest BCUT2D eigenvalue weighted by Gasteiger charge is 2.50. The van der Waals surface area contributed by atoms with Gasteiger partial charge >= 0.3 is 0 Å². The molecule has 12 heteroatoms. The summed E-state index contributed by atoms with van der Waals surface area (Å²) in [6.45, 7) is 6.06. The van der Waals surface area contributed by atoms with Crippen molar-refractivity contribution < 1.29 is 13.2 Å². The number of likely N-dealkylation sites (tertiary alicyclic amines) is 1. The Balaban J connectivity index is 1.26. The first-order valence-corrected chi connectivity index (χ1v) is 13.0. The van der Waals surface area contributed by atoms with Crippen LogP contribution >= 0.6 is 11.6 Å². The fourth-order valence-corrected chi connectivity index (χ4v) is 5.16. The van der Waals surface area contributed by atoms with Crippen molar-refractivity contribution in [2.45, 2.75) is 17.9 Å². The summed E-state index contributed by atoms with van der Waals surface area (Å²) in [7, 11) is -3.54. The lowest BCUT2D eigenvalue weighted by atomic mass is 9.77. The summed E-state index contributed by atoms with van der Waals surface area (Å²) in [4.78, 5) is 19.4. The minimum Gasteiger partial charge on any atom is -0.380 e. The van der Waals surface area contributed by atoms with Crippen molar-refractivity contribution in [3.05, 3.63) is 53.6 Å². The first kappa shape index (κ1) is 22.9. The van der Waals surface area contributed by atoms with Crippen molar-refractivity contribution in [2.24, 2.45) is 5.41 Å². The first-order valence-electron chi connectivity index (χ1n) is 10.7. The van der Waals surface area contributed by atoms with Gasteiger partial charge in [0, 0.05) is 49.3 Å². The van der Waals surface area contributed by atoms with E-state index in [2.05, 4.69) is 48.5 Å². The smallest absolute Gasteiger partial charge is 0.179 e. The molecule has 0 amide bonds. The molecule has 34 heavy (non-hydrogen) atoms. The summed E-state index contributed by atoms with van der Waals surface area (Å²) in [5, 5.41) is 6.30. The second-order valence-electron chi connectivity index (χ2n) is 8.86. The molecule has 2 aliphatic rings. The lowest BCUT2D eigenvalue weighted by molar-refractivity contribution is -0.197. The molecule has 2 saturated heterocycles. The number of nitrogens with one attached hydrogen (secondary N) is 2. The molecule has 0 saturated carbocycles. The number of ether oxygens (including phenoxy) is 1. The number of nitrogens with zero attached hydrogens (tertiary/aromatic N) is 5. The zero-order chi connectivity index (χ0) is 23.9. The van der Waals surface area contributed by atoms with Crippen LogP contribution in [0.2, 0.25) is 5.02 Å². The number of aromatic nitrogens is 4. The molecule has 2 fully saturated rings. The van der Waals surface area contributed by atoms with Gasteiger partial charge in [-0.1, -0.05) is 17.7 Å². The predicted octanol–water partition coefficient (Wildman–Crippen LogP) is 3.20. The van der Waals surface area contributed by atoms with Gasteiger partial charge in [0.2, 0.25) is 0 Å². The van der Waals surface area contributed by atoms with E-state index in [1.807, 2.05) is 12.3 Å². The van der Waals surface area contributed by atoms with E-state index in [1.54, 1.807) is 6.07 Å². The van der Waals surface area contributed by atoms with Crippen molar-refractivity contribution in [3.8, 4) is 0 Å². The number of pyridine rings is 2. The minimum absolute atomic E-state index is 0.0162. The zero-order valence-electron chi connectivity index (χ0n) is 18.7. The van der Waals surface area contributed by atoms with E-state index in [1.165, 1.54) is 18.6 Å². The maximum absolute atomic E-state index is 12.1. The summed E-state index contributed by atoms with van der Waals surface area (Å²) >= 11 is 5.92.